The molecule has 2 aromatic heterocycles. The van der Waals surface area contributed by atoms with E-state index in [1.54, 1.807) is 28.6 Å². The lowest BCUT2D eigenvalue weighted by Crippen LogP contribution is -2.28. The molecule has 1 aliphatic rings. The monoisotopic (exact) mass is 496 g/mol. The first-order chi connectivity index (χ1) is 17.6. The van der Waals surface area contributed by atoms with Gasteiger partial charge in [0.15, 0.2) is 0 Å². The second-order valence-corrected chi connectivity index (χ2v) is 9.88. The SMILES string of the molecule is CCCCc1ccc(N2CC(C(=O)Nc3cccc(-c4csc(-c5ccncc5)n4)c3)CC2=O)cc1. The van der Waals surface area contributed by atoms with Gasteiger partial charge in [-0.05, 0) is 54.8 Å². The molecule has 1 atom stereocenters. The molecule has 2 aromatic carbocycles. The van der Waals surface area contributed by atoms with Crippen molar-refractivity contribution in [1.82, 2.24) is 9.97 Å². The van der Waals surface area contributed by atoms with Crippen LogP contribution in [0.2, 0.25) is 0 Å². The summed E-state index contributed by atoms with van der Waals surface area (Å²) in [4.78, 5) is 36.3. The van der Waals surface area contributed by atoms with Gasteiger partial charge in [0.05, 0.1) is 11.6 Å². The van der Waals surface area contributed by atoms with Crippen molar-refractivity contribution in [3.05, 3.63) is 84.0 Å². The Bertz CT molecular complexity index is 1350. The van der Waals surface area contributed by atoms with E-state index in [9.17, 15) is 9.59 Å². The van der Waals surface area contributed by atoms with E-state index in [1.807, 2.05) is 53.9 Å². The van der Waals surface area contributed by atoms with Crippen LogP contribution in [0.1, 0.15) is 31.7 Å². The second-order valence-electron chi connectivity index (χ2n) is 9.02. The van der Waals surface area contributed by atoms with Gasteiger partial charge in [-0.3, -0.25) is 14.6 Å². The average Bonchev–Trinajstić information content (AvgIpc) is 3.56. The first-order valence-electron chi connectivity index (χ1n) is 12.3. The van der Waals surface area contributed by atoms with Crippen molar-refractivity contribution >= 4 is 34.5 Å². The van der Waals surface area contributed by atoms with E-state index in [1.165, 1.54) is 5.56 Å². The molecule has 1 saturated heterocycles. The summed E-state index contributed by atoms with van der Waals surface area (Å²) in [5.74, 6) is -0.548. The molecule has 36 heavy (non-hydrogen) atoms. The van der Waals surface area contributed by atoms with Gasteiger partial charge in [0, 0.05) is 53.2 Å². The molecule has 0 saturated carbocycles. The normalized spacial score (nSPS) is 15.3. The summed E-state index contributed by atoms with van der Waals surface area (Å²) in [6.07, 6.45) is 7.07. The maximum Gasteiger partial charge on any atom is 0.229 e. The van der Waals surface area contributed by atoms with Crippen LogP contribution in [0.25, 0.3) is 21.8 Å². The van der Waals surface area contributed by atoms with E-state index in [0.717, 1.165) is 46.8 Å². The molecule has 4 aromatic rings. The van der Waals surface area contributed by atoms with Gasteiger partial charge in [-0.1, -0.05) is 37.6 Å². The van der Waals surface area contributed by atoms with Gasteiger partial charge in [-0.25, -0.2) is 4.98 Å². The number of carbonyl (C=O) groups is 2. The molecule has 7 heteroatoms. The Kier molecular flexibility index (Phi) is 7.18. The maximum absolute atomic E-state index is 13.0. The van der Waals surface area contributed by atoms with E-state index < -0.39 is 5.92 Å². The minimum atomic E-state index is -0.390. The fourth-order valence-corrected chi connectivity index (χ4v) is 5.23. The van der Waals surface area contributed by atoms with E-state index in [4.69, 9.17) is 4.98 Å². The molecule has 2 amide bonds. The van der Waals surface area contributed by atoms with Crippen LogP contribution in [-0.2, 0) is 16.0 Å². The number of carbonyl (C=O) groups excluding carboxylic acids is 2. The standard InChI is InChI=1S/C29H28N4O2S/c1-2-3-5-20-8-10-25(11-9-20)33-18-23(17-27(33)34)28(35)31-24-7-4-6-22(16-24)26-19-36-29(32-26)21-12-14-30-15-13-21/h4,6-16,19,23H,2-3,5,17-18H2,1H3,(H,31,35). The Labute approximate surface area is 215 Å². The summed E-state index contributed by atoms with van der Waals surface area (Å²) in [6.45, 7) is 2.57. The highest BCUT2D eigenvalue weighted by Crippen LogP contribution is 2.31. The molecule has 6 nitrogen and oxygen atoms in total. The first-order valence-corrected chi connectivity index (χ1v) is 13.1. The van der Waals surface area contributed by atoms with Crippen molar-refractivity contribution in [2.45, 2.75) is 32.6 Å². The number of pyridine rings is 1. The number of unbranched alkanes of at least 4 members (excludes halogenated alkanes) is 1. The Balaban J connectivity index is 1.24. The predicted molar refractivity (Wildman–Crippen MR) is 145 cm³/mol. The zero-order chi connectivity index (χ0) is 24.9. The van der Waals surface area contributed by atoms with Crippen LogP contribution in [-0.4, -0.2) is 28.3 Å². The molecule has 1 fully saturated rings. The first kappa shape index (κ1) is 23.9. The van der Waals surface area contributed by atoms with E-state index in [-0.39, 0.29) is 18.2 Å². The molecular formula is C29H28N4O2S. The average molecular weight is 497 g/mol. The van der Waals surface area contributed by atoms with Crippen molar-refractivity contribution in [2.24, 2.45) is 5.92 Å². The van der Waals surface area contributed by atoms with Gasteiger partial charge < -0.3 is 10.2 Å². The Morgan fingerprint density at radius 1 is 1.08 bits per heavy atom. The number of aromatic nitrogens is 2. The molecule has 1 unspecified atom stereocenters. The minimum Gasteiger partial charge on any atom is -0.326 e. The highest BCUT2D eigenvalue weighted by Gasteiger charge is 2.35. The van der Waals surface area contributed by atoms with Crippen molar-refractivity contribution < 1.29 is 9.59 Å². The number of thiazole rings is 1. The molecule has 3 heterocycles. The van der Waals surface area contributed by atoms with Crippen molar-refractivity contribution in [3.8, 4) is 21.8 Å². The Hall–Kier alpha value is -3.84. The highest BCUT2D eigenvalue weighted by atomic mass is 32.1. The number of hydrogen-bond acceptors (Lipinski definition) is 5. The van der Waals surface area contributed by atoms with Crippen LogP contribution in [0, 0.1) is 5.92 Å². The zero-order valence-electron chi connectivity index (χ0n) is 20.2. The molecule has 0 aliphatic carbocycles. The summed E-state index contributed by atoms with van der Waals surface area (Å²) in [6, 6.07) is 19.7. The number of anilines is 2. The zero-order valence-corrected chi connectivity index (χ0v) is 21.0. The fraction of sp³-hybridized carbons (Fsp3) is 0.241. The van der Waals surface area contributed by atoms with Gasteiger partial charge in [-0.2, -0.15) is 0 Å². The molecule has 1 aliphatic heterocycles. The lowest BCUT2D eigenvalue weighted by atomic mass is 10.1. The number of hydrogen-bond donors (Lipinski definition) is 1. The van der Waals surface area contributed by atoms with Gasteiger partial charge in [0.25, 0.3) is 0 Å². The molecule has 0 bridgehead atoms. The summed E-state index contributed by atoms with van der Waals surface area (Å²) in [5, 5.41) is 5.94. The van der Waals surface area contributed by atoms with Crippen LogP contribution in [0.15, 0.2) is 78.4 Å². The van der Waals surface area contributed by atoms with Crippen molar-refractivity contribution in [2.75, 3.05) is 16.8 Å². The molecule has 1 N–H and O–H groups in total. The largest absolute Gasteiger partial charge is 0.326 e. The number of nitrogens with one attached hydrogen (secondary N) is 1. The minimum absolute atomic E-state index is 0.0173. The lowest BCUT2D eigenvalue weighted by molar-refractivity contribution is -0.122. The highest BCUT2D eigenvalue weighted by molar-refractivity contribution is 7.13. The quantitative estimate of drug-likeness (QED) is 0.315. The third-order valence-corrected chi connectivity index (χ3v) is 7.31. The van der Waals surface area contributed by atoms with Gasteiger partial charge >= 0.3 is 0 Å². The van der Waals surface area contributed by atoms with Gasteiger partial charge in [0.2, 0.25) is 11.8 Å². The van der Waals surface area contributed by atoms with E-state index >= 15 is 0 Å². The molecule has 0 spiro atoms. The molecule has 182 valence electrons. The van der Waals surface area contributed by atoms with Gasteiger partial charge in [-0.15, -0.1) is 11.3 Å². The fourth-order valence-electron chi connectivity index (χ4n) is 4.39. The van der Waals surface area contributed by atoms with Crippen LogP contribution in [0.4, 0.5) is 11.4 Å². The van der Waals surface area contributed by atoms with Crippen molar-refractivity contribution in [1.29, 1.82) is 0 Å². The molecule has 5 rings (SSSR count). The smallest absolute Gasteiger partial charge is 0.229 e. The number of aryl methyl sites for hydroxylation is 1. The number of amides is 2. The number of nitrogens with zero attached hydrogens (tertiary/aromatic N) is 3. The molecular weight excluding hydrogens is 468 g/mol. The topological polar surface area (TPSA) is 75.2 Å². The third-order valence-electron chi connectivity index (χ3n) is 6.42. The van der Waals surface area contributed by atoms with Crippen LogP contribution in [0.3, 0.4) is 0 Å². The maximum atomic E-state index is 13.0. The number of benzene rings is 2. The third kappa shape index (κ3) is 5.36. The summed E-state index contributed by atoms with van der Waals surface area (Å²) >= 11 is 1.57. The van der Waals surface area contributed by atoms with Crippen LogP contribution in [0.5, 0.6) is 0 Å². The van der Waals surface area contributed by atoms with Crippen molar-refractivity contribution in [3.63, 3.8) is 0 Å². The Morgan fingerprint density at radius 2 is 1.89 bits per heavy atom. The van der Waals surface area contributed by atoms with Crippen LogP contribution >= 0.6 is 11.3 Å². The predicted octanol–water partition coefficient (Wildman–Crippen LogP) is 6.21. The van der Waals surface area contributed by atoms with E-state index in [0.29, 0.717) is 12.2 Å². The van der Waals surface area contributed by atoms with E-state index in [2.05, 4.69) is 29.4 Å². The summed E-state index contributed by atoms with van der Waals surface area (Å²) < 4.78 is 0. The Morgan fingerprint density at radius 3 is 2.67 bits per heavy atom. The molecule has 0 radical (unpaired) electrons. The second kappa shape index (κ2) is 10.8. The summed E-state index contributed by atoms with van der Waals surface area (Å²) in [7, 11) is 0. The van der Waals surface area contributed by atoms with Crippen LogP contribution < -0.4 is 10.2 Å². The number of rotatable bonds is 8. The lowest BCUT2D eigenvalue weighted by Gasteiger charge is -2.17. The van der Waals surface area contributed by atoms with Gasteiger partial charge in [0.1, 0.15) is 5.01 Å². The summed E-state index contributed by atoms with van der Waals surface area (Å²) in [5.41, 5.74) is 5.63.